The Balaban J connectivity index is 2.48. The molecule has 0 radical (unpaired) electrons. The monoisotopic (exact) mass is 166 g/mol. The summed E-state index contributed by atoms with van der Waals surface area (Å²) >= 11 is 5.99. The predicted octanol–water partition coefficient (Wildman–Crippen LogP) is 2.30. The Bertz CT molecular complexity index is 316. The maximum absolute atomic E-state index is 8.03. The first kappa shape index (κ1) is 5.78. The number of hydrogen-bond donors (Lipinski definition) is 0. The molecule has 0 N–H and O–H groups in total. The highest BCUT2D eigenvalue weighted by Crippen LogP contribution is 2.22. The molecule has 0 aromatic carbocycles. The summed E-state index contributed by atoms with van der Waals surface area (Å²) in [7, 11) is 0. The highest BCUT2D eigenvalue weighted by Gasteiger charge is 2.21. The van der Waals surface area contributed by atoms with Crippen LogP contribution in [0.5, 0.6) is 0 Å². The SMILES string of the molecule is [2H]C12C=CC=CC1=NC=CC2Cl. The molecule has 2 aliphatic rings. The van der Waals surface area contributed by atoms with Gasteiger partial charge in [-0.1, -0.05) is 18.2 Å². The van der Waals surface area contributed by atoms with Gasteiger partial charge in [-0.2, -0.15) is 0 Å². The van der Waals surface area contributed by atoms with Gasteiger partial charge in [0.2, 0.25) is 0 Å². The molecule has 0 spiro atoms. The van der Waals surface area contributed by atoms with E-state index in [4.69, 9.17) is 13.0 Å². The molecule has 0 aromatic heterocycles. The van der Waals surface area contributed by atoms with Crippen LogP contribution >= 0.6 is 11.6 Å². The van der Waals surface area contributed by atoms with Crippen molar-refractivity contribution in [1.82, 2.24) is 0 Å². The zero-order chi connectivity index (χ0) is 8.60. The van der Waals surface area contributed by atoms with Crippen LogP contribution in [0.4, 0.5) is 0 Å². The largest absolute Gasteiger partial charge is 0.261 e. The van der Waals surface area contributed by atoms with E-state index < -0.39 is 5.89 Å². The number of halogens is 1. The summed E-state index contributed by atoms with van der Waals surface area (Å²) in [6, 6.07) is 0. The molecule has 1 heterocycles. The van der Waals surface area contributed by atoms with Gasteiger partial charge in [0.05, 0.1) is 5.38 Å². The van der Waals surface area contributed by atoms with Crippen molar-refractivity contribution >= 4 is 17.3 Å². The van der Waals surface area contributed by atoms with Gasteiger partial charge in [0.25, 0.3) is 0 Å². The van der Waals surface area contributed by atoms with Crippen molar-refractivity contribution in [2.45, 2.75) is 5.38 Å². The van der Waals surface area contributed by atoms with Crippen LogP contribution in [0, 0.1) is 5.89 Å². The van der Waals surface area contributed by atoms with Crippen LogP contribution < -0.4 is 0 Å². The number of alkyl halides is 1. The summed E-state index contributed by atoms with van der Waals surface area (Å²) in [5.74, 6) is -0.856. The Labute approximate surface area is 72.2 Å². The molecule has 0 saturated carbocycles. The lowest BCUT2D eigenvalue weighted by Gasteiger charge is -2.20. The van der Waals surface area contributed by atoms with Gasteiger partial charge in [-0.25, -0.2) is 0 Å². The number of fused-ring (bicyclic) bond motifs is 1. The van der Waals surface area contributed by atoms with E-state index >= 15 is 0 Å². The molecule has 0 fully saturated rings. The lowest BCUT2D eigenvalue weighted by molar-refractivity contribution is 0.870. The molecule has 0 aromatic rings. The van der Waals surface area contributed by atoms with Crippen LogP contribution in [0.3, 0.4) is 0 Å². The van der Waals surface area contributed by atoms with Crippen LogP contribution in [-0.2, 0) is 0 Å². The zero-order valence-electron chi connectivity index (χ0n) is 6.87. The van der Waals surface area contributed by atoms with Crippen LogP contribution in [0.25, 0.3) is 0 Å². The Morgan fingerprint density at radius 2 is 2.36 bits per heavy atom. The van der Waals surface area contributed by atoms with Crippen LogP contribution in [0.2, 0.25) is 0 Å². The van der Waals surface area contributed by atoms with E-state index in [9.17, 15) is 0 Å². The fraction of sp³-hybridized carbons (Fsp3) is 0.222. The topological polar surface area (TPSA) is 12.4 Å². The van der Waals surface area contributed by atoms with E-state index in [1.807, 2.05) is 18.2 Å². The van der Waals surface area contributed by atoms with Crippen molar-refractivity contribution in [2.24, 2.45) is 10.9 Å². The maximum Gasteiger partial charge on any atom is 0.0652 e. The maximum atomic E-state index is 8.03. The Kier molecular flexibility index (Phi) is 1.40. The van der Waals surface area contributed by atoms with Crippen LogP contribution in [0.15, 0.2) is 41.6 Å². The normalized spacial score (nSPS) is 41.4. The number of hydrogen-bond acceptors (Lipinski definition) is 1. The van der Waals surface area contributed by atoms with Crippen molar-refractivity contribution in [1.29, 1.82) is 0 Å². The first-order chi connectivity index (χ1) is 5.73. The molecule has 2 heteroatoms. The second kappa shape index (κ2) is 2.67. The highest BCUT2D eigenvalue weighted by molar-refractivity contribution is 6.25. The lowest BCUT2D eigenvalue weighted by atomic mass is 9.93. The minimum atomic E-state index is -0.856. The summed E-state index contributed by atoms with van der Waals surface area (Å²) in [5.41, 5.74) is 0.715. The van der Waals surface area contributed by atoms with Crippen molar-refractivity contribution in [3.05, 3.63) is 36.6 Å². The van der Waals surface area contributed by atoms with Crippen molar-refractivity contribution in [3.8, 4) is 0 Å². The summed E-state index contributed by atoms with van der Waals surface area (Å²) in [5, 5.41) is -0.314. The molecule has 0 bridgehead atoms. The van der Waals surface area contributed by atoms with Gasteiger partial charge in [0.15, 0.2) is 0 Å². The van der Waals surface area contributed by atoms with Gasteiger partial charge in [0, 0.05) is 19.2 Å². The minimum Gasteiger partial charge on any atom is -0.261 e. The van der Waals surface area contributed by atoms with Gasteiger partial charge in [-0.3, -0.25) is 4.99 Å². The summed E-state index contributed by atoms with van der Waals surface area (Å²) in [4.78, 5) is 4.10. The number of nitrogens with zero attached hydrogens (tertiary/aromatic N) is 1. The second-order valence-electron chi connectivity index (χ2n) is 2.43. The second-order valence-corrected chi connectivity index (χ2v) is 2.90. The first-order valence-corrected chi connectivity index (χ1v) is 3.92. The molecule has 0 amide bonds. The van der Waals surface area contributed by atoms with Crippen LogP contribution in [0.1, 0.15) is 1.37 Å². The van der Waals surface area contributed by atoms with E-state index in [0.29, 0.717) is 5.71 Å². The smallest absolute Gasteiger partial charge is 0.0652 e. The molecule has 1 aliphatic carbocycles. The zero-order valence-corrected chi connectivity index (χ0v) is 6.62. The summed E-state index contributed by atoms with van der Waals surface area (Å²) in [6.07, 6.45) is 10.7. The summed E-state index contributed by atoms with van der Waals surface area (Å²) in [6.45, 7) is 0. The quantitative estimate of drug-likeness (QED) is 0.490. The van der Waals surface area contributed by atoms with E-state index in [-0.39, 0.29) is 5.38 Å². The number of aliphatic imine (C=N–C) groups is 1. The van der Waals surface area contributed by atoms with Gasteiger partial charge in [0.1, 0.15) is 0 Å². The third kappa shape index (κ3) is 1.16. The van der Waals surface area contributed by atoms with Gasteiger partial charge >= 0.3 is 0 Å². The highest BCUT2D eigenvalue weighted by atomic mass is 35.5. The molecule has 1 nitrogen and oxygen atoms in total. The van der Waals surface area contributed by atoms with Crippen LogP contribution in [-0.4, -0.2) is 11.1 Å². The first-order valence-electron chi connectivity index (χ1n) is 3.98. The Morgan fingerprint density at radius 1 is 1.45 bits per heavy atom. The third-order valence-corrected chi connectivity index (χ3v) is 2.08. The Hall–Kier alpha value is -0.820. The fourth-order valence-corrected chi connectivity index (χ4v) is 1.39. The average Bonchev–Trinajstić information content (AvgIpc) is 2.07. The van der Waals surface area contributed by atoms with E-state index in [1.165, 1.54) is 0 Å². The van der Waals surface area contributed by atoms with Gasteiger partial charge in [-0.15, -0.1) is 11.6 Å². The molecule has 11 heavy (non-hydrogen) atoms. The molecule has 1 aliphatic heterocycles. The Morgan fingerprint density at radius 3 is 3.18 bits per heavy atom. The van der Waals surface area contributed by atoms with Gasteiger partial charge in [-0.05, 0) is 12.2 Å². The number of allylic oxidation sites excluding steroid dienone is 5. The van der Waals surface area contributed by atoms with E-state index in [0.717, 1.165) is 0 Å². The average molecular weight is 167 g/mol. The van der Waals surface area contributed by atoms with Crippen molar-refractivity contribution in [2.75, 3.05) is 0 Å². The standard InChI is InChI=1S/C9H8ClN/c10-8-5-6-11-9-4-2-1-3-7(8)9/h1-8H/i7D. The van der Waals surface area contributed by atoms with Crippen molar-refractivity contribution in [3.63, 3.8) is 0 Å². The van der Waals surface area contributed by atoms with E-state index in [2.05, 4.69) is 4.99 Å². The summed E-state index contributed by atoms with van der Waals surface area (Å²) < 4.78 is 8.03. The van der Waals surface area contributed by atoms with Crippen molar-refractivity contribution < 1.29 is 1.37 Å². The molecule has 2 atom stereocenters. The predicted molar refractivity (Wildman–Crippen MR) is 48.0 cm³/mol. The molecule has 0 saturated heterocycles. The molecule has 2 unspecified atom stereocenters. The van der Waals surface area contributed by atoms with Gasteiger partial charge < -0.3 is 0 Å². The number of rotatable bonds is 0. The van der Waals surface area contributed by atoms with E-state index in [1.54, 1.807) is 18.4 Å². The molecular formula is C9H8ClN. The lowest BCUT2D eigenvalue weighted by Crippen LogP contribution is -2.23. The molecule has 2 rings (SSSR count). The minimum absolute atomic E-state index is 0.314. The fourth-order valence-electron chi connectivity index (χ4n) is 1.14. The third-order valence-electron chi connectivity index (χ3n) is 1.70. The molecular weight excluding hydrogens is 158 g/mol. The molecule has 56 valence electrons.